The summed E-state index contributed by atoms with van der Waals surface area (Å²) in [5.74, 6) is -0.0825. The topological polar surface area (TPSA) is 140 Å². The molecule has 3 aromatic carbocycles. The van der Waals surface area contributed by atoms with Crippen LogP contribution in [0.5, 0.6) is 0 Å². The largest absolute Gasteiger partial charge is 0.453 e. The lowest BCUT2D eigenvalue weighted by Crippen LogP contribution is -2.52. The van der Waals surface area contributed by atoms with Crippen molar-refractivity contribution in [3.8, 4) is 11.1 Å². The zero-order valence-electron chi connectivity index (χ0n) is 25.2. The van der Waals surface area contributed by atoms with Crippen molar-refractivity contribution in [1.29, 1.82) is 0 Å². The third-order valence-corrected chi connectivity index (χ3v) is 8.48. The molecule has 1 aliphatic rings. The molecule has 0 fully saturated rings. The fourth-order valence-corrected chi connectivity index (χ4v) is 6.03. The molecule has 4 rings (SSSR count). The number of carbonyl (C=O) groups excluding carboxylic acids is 3. The molecule has 0 aliphatic carbocycles. The number of fused-ring (bicyclic) bond motifs is 1. The van der Waals surface area contributed by atoms with Gasteiger partial charge in [-0.15, -0.1) is 11.8 Å². The first-order valence-electron chi connectivity index (χ1n) is 14.5. The summed E-state index contributed by atoms with van der Waals surface area (Å²) >= 11 is 1.53. The summed E-state index contributed by atoms with van der Waals surface area (Å²) in [4.78, 5) is 41.3. The van der Waals surface area contributed by atoms with Gasteiger partial charge in [0.2, 0.25) is 5.91 Å². The highest BCUT2D eigenvalue weighted by Gasteiger charge is 2.33. The second kappa shape index (κ2) is 15.2. The molecule has 11 heteroatoms. The van der Waals surface area contributed by atoms with Gasteiger partial charge >= 0.3 is 6.09 Å². The Morgan fingerprint density at radius 2 is 1.77 bits per heavy atom. The summed E-state index contributed by atoms with van der Waals surface area (Å²) in [6.07, 6.45) is -1.33. The van der Waals surface area contributed by atoms with Crippen molar-refractivity contribution in [3.63, 3.8) is 0 Å². The third kappa shape index (κ3) is 8.82. The van der Waals surface area contributed by atoms with Crippen LogP contribution >= 0.6 is 11.8 Å². The minimum atomic E-state index is -0.920. The summed E-state index contributed by atoms with van der Waals surface area (Å²) in [5, 5.41) is 27.5. The van der Waals surface area contributed by atoms with E-state index in [2.05, 4.69) is 16.0 Å². The fourth-order valence-electron chi connectivity index (χ4n) is 4.96. The SMILES string of the molecule is COC(=O)NCc1ccccc1-c1ccc(CN2C(=O)[C@H](NC(=O)CC(C)(C)NC[C@H](O)CO)CSc3ccccc32)cc1. The van der Waals surface area contributed by atoms with Crippen molar-refractivity contribution >= 4 is 35.4 Å². The van der Waals surface area contributed by atoms with Crippen LogP contribution in [0.25, 0.3) is 11.1 Å². The Kier molecular flexibility index (Phi) is 11.4. The molecule has 10 nitrogen and oxygen atoms in total. The number of ether oxygens (including phenoxy) is 1. The first-order valence-corrected chi connectivity index (χ1v) is 15.4. The van der Waals surface area contributed by atoms with E-state index in [1.807, 2.05) is 86.6 Å². The molecule has 1 heterocycles. The summed E-state index contributed by atoms with van der Waals surface area (Å²) in [6.45, 7) is 4.09. The lowest BCUT2D eigenvalue weighted by molar-refractivity contribution is -0.128. The summed E-state index contributed by atoms with van der Waals surface area (Å²) in [5.41, 5.74) is 3.96. The van der Waals surface area contributed by atoms with E-state index in [-0.39, 0.29) is 31.4 Å². The molecule has 2 atom stereocenters. The second-order valence-electron chi connectivity index (χ2n) is 11.3. The lowest BCUT2D eigenvalue weighted by atomic mass is 9.98. The van der Waals surface area contributed by atoms with Crippen LogP contribution in [0.1, 0.15) is 31.4 Å². The quantitative estimate of drug-likeness (QED) is 0.208. The van der Waals surface area contributed by atoms with Crippen molar-refractivity contribution in [2.75, 3.05) is 30.9 Å². The number of nitrogens with zero attached hydrogens (tertiary/aromatic N) is 1. The molecule has 5 N–H and O–H groups in total. The number of anilines is 1. The van der Waals surface area contributed by atoms with Crippen LogP contribution in [0.3, 0.4) is 0 Å². The molecular weight excluding hydrogens is 580 g/mol. The number of amides is 3. The molecule has 44 heavy (non-hydrogen) atoms. The monoisotopic (exact) mass is 620 g/mol. The van der Waals surface area contributed by atoms with Gasteiger partial charge < -0.3 is 35.8 Å². The summed E-state index contributed by atoms with van der Waals surface area (Å²) in [7, 11) is 1.33. The van der Waals surface area contributed by atoms with E-state index >= 15 is 0 Å². The predicted octanol–water partition coefficient (Wildman–Crippen LogP) is 3.44. The Labute approximate surface area is 262 Å². The molecular formula is C33H40N4O6S. The highest BCUT2D eigenvalue weighted by molar-refractivity contribution is 7.99. The molecule has 0 unspecified atom stereocenters. The zero-order chi connectivity index (χ0) is 31.7. The second-order valence-corrected chi connectivity index (χ2v) is 12.4. The number of benzene rings is 3. The van der Waals surface area contributed by atoms with E-state index < -0.39 is 23.8 Å². The maximum absolute atomic E-state index is 13.9. The van der Waals surface area contributed by atoms with Gasteiger partial charge in [-0.25, -0.2) is 4.79 Å². The number of hydrogen-bond acceptors (Lipinski definition) is 8. The van der Waals surface area contributed by atoms with E-state index in [1.165, 1.54) is 18.9 Å². The van der Waals surface area contributed by atoms with Gasteiger partial charge in [-0.05, 0) is 48.2 Å². The Morgan fingerprint density at radius 1 is 1.07 bits per heavy atom. The minimum Gasteiger partial charge on any atom is -0.453 e. The van der Waals surface area contributed by atoms with Crippen molar-refractivity contribution in [3.05, 3.63) is 83.9 Å². The van der Waals surface area contributed by atoms with Gasteiger partial charge in [0.25, 0.3) is 5.91 Å². The lowest BCUT2D eigenvalue weighted by Gasteiger charge is -2.29. The van der Waals surface area contributed by atoms with Gasteiger partial charge in [-0.2, -0.15) is 0 Å². The van der Waals surface area contributed by atoms with Crippen LogP contribution in [-0.2, 0) is 27.4 Å². The van der Waals surface area contributed by atoms with Gasteiger partial charge in [0.1, 0.15) is 6.04 Å². The third-order valence-electron chi connectivity index (χ3n) is 7.32. The molecule has 1 aliphatic heterocycles. The van der Waals surface area contributed by atoms with Crippen LogP contribution in [-0.4, -0.2) is 71.8 Å². The standard InChI is InChI=1S/C33H40N4O6S/c1-33(2,35-18-25(39)20-38)16-30(40)36-27-21-44-29-11-7-6-10-28(29)37(31(27)41)19-22-12-14-23(15-13-22)26-9-5-4-8-24(26)17-34-32(42)43-3/h4-15,25,27,35,38-39H,16-21H2,1-3H3,(H,34,42)(H,36,40)/t25-,27+/m0/s1. The van der Waals surface area contributed by atoms with Crippen LogP contribution in [0.2, 0.25) is 0 Å². The predicted molar refractivity (Wildman–Crippen MR) is 171 cm³/mol. The molecule has 3 amide bonds. The fraction of sp³-hybridized carbons (Fsp3) is 0.364. The van der Waals surface area contributed by atoms with E-state index in [0.717, 1.165) is 32.8 Å². The molecule has 0 aromatic heterocycles. The van der Waals surface area contributed by atoms with Crippen LogP contribution in [0.15, 0.2) is 77.7 Å². The van der Waals surface area contributed by atoms with Crippen molar-refractivity contribution in [2.24, 2.45) is 0 Å². The zero-order valence-corrected chi connectivity index (χ0v) is 26.0. The molecule has 3 aromatic rings. The number of aliphatic hydroxyl groups is 2. The Balaban J connectivity index is 1.49. The molecule has 0 saturated heterocycles. The van der Waals surface area contributed by atoms with Gasteiger partial charge in [0.15, 0.2) is 0 Å². The summed E-state index contributed by atoms with van der Waals surface area (Å²) < 4.78 is 4.69. The van der Waals surface area contributed by atoms with Crippen LogP contribution < -0.4 is 20.9 Å². The minimum absolute atomic E-state index is 0.0879. The van der Waals surface area contributed by atoms with E-state index in [4.69, 9.17) is 9.84 Å². The smallest absolute Gasteiger partial charge is 0.407 e. The van der Waals surface area contributed by atoms with Gasteiger partial charge in [0.05, 0.1) is 32.1 Å². The van der Waals surface area contributed by atoms with Gasteiger partial charge in [-0.3, -0.25) is 9.59 Å². The van der Waals surface area contributed by atoms with Crippen molar-refractivity contribution in [2.45, 2.75) is 55.9 Å². The maximum atomic E-state index is 13.9. The van der Waals surface area contributed by atoms with E-state index in [9.17, 15) is 19.5 Å². The number of alkyl carbamates (subject to hydrolysis) is 1. The van der Waals surface area contributed by atoms with Gasteiger partial charge in [-0.1, -0.05) is 60.7 Å². The number of methoxy groups -OCH3 is 1. The number of aliphatic hydroxyl groups excluding tert-OH is 2. The number of carbonyl (C=O) groups is 3. The highest BCUT2D eigenvalue weighted by Crippen LogP contribution is 2.35. The number of para-hydroxylation sites is 1. The number of nitrogens with one attached hydrogen (secondary N) is 3. The maximum Gasteiger partial charge on any atom is 0.407 e. The Morgan fingerprint density at radius 3 is 2.50 bits per heavy atom. The van der Waals surface area contributed by atoms with Crippen molar-refractivity contribution < 1.29 is 29.3 Å². The number of thioether (sulfide) groups is 1. The first kappa shape index (κ1) is 33.0. The molecule has 0 saturated carbocycles. The number of rotatable bonds is 12. The molecule has 0 bridgehead atoms. The summed E-state index contributed by atoms with van der Waals surface area (Å²) in [6, 6.07) is 22.8. The normalized spacial score (nSPS) is 15.6. The van der Waals surface area contributed by atoms with E-state index in [0.29, 0.717) is 18.8 Å². The number of β-amino-alcohol motifs (C(OH)–C–C–N with tert-alkyl or cyclic N) is 1. The average molecular weight is 621 g/mol. The average Bonchev–Trinajstić information content (AvgIpc) is 3.15. The first-order chi connectivity index (χ1) is 21.1. The van der Waals surface area contributed by atoms with Crippen LogP contribution in [0, 0.1) is 0 Å². The Hall–Kier alpha value is -3.90. The van der Waals surface area contributed by atoms with Gasteiger partial charge in [0, 0.05) is 35.7 Å². The Bertz CT molecular complexity index is 1450. The molecule has 234 valence electrons. The van der Waals surface area contributed by atoms with Crippen LogP contribution in [0.4, 0.5) is 10.5 Å². The number of hydrogen-bond donors (Lipinski definition) is 5. The molecule has 0 radical (unpaired) electrons. The molecule has 0 spiro atoms. The van der Waals surface area contributed by atoms with E-state index in [1.54, 1.807) is 4.90 Å². The van der Waals surface area contributed by atoms with Crippen molar-refractivity contribution in [1.82, 2.24) is 16.0 Å². The highest BCUT2D eigenvalue weighted by atomic mass is 32.2.